The molecule has 49 heavy (non-hydrogen) atoms. The molecule has 0 saturated heterocycles. The molecule has 3 aromatic carbocycles. The van der Waals surface area contributed by atoms with Gasteiger partial charge in [-0.05, 0) is 96.8 Å². The van der Waals surface area contributed by atoms with E-state index < -0.39 is 27.7 Å². The molecule has 9 nitrogen and oxygen atoms in total. The van der Waals surface area contributed by atoms with Crippen molar-refractivity contribution >= 4 is 32.7 Å². The zero-order valence-electron chi connectivity index (χ0n) is 27.6. The number of halogens is 3. The third-order valence-corrected chi connectivity index (χ3v) is 11.1. The standard InChI is InChI=1S/C36H37F3N6O3S/c1-5-45-32-13-12-30(24(4)35(32)42-43-45)31(18-34(46)41-29-7-6-14-40-19-29)25-9-8-23(3)27(16-25)21-44-20-22(2)15-26-10-11-28(36(37,38)39)17-33(26)49(44,47)48/h6-14,16-17,19,22,31H,5,15,18,20-21H2,1-4H3,(H,41,46)/t22-,31-/m0/s1. The fourth-order valence-electron chi connectivity index (χ4n) is 6.62. The Balaban J connectivity index is 1.40. The van der Waals surface area contributed by atoms with Crippen LogP contribution in [0.3, 0.4) is 0 Å². The average Bonchev–Trinajstić information content (AvgIpc) is 3.45. The summed E-state index contributed by atoms with van der Waals surface area (Å²) in [7, 11) is -4.27. The number of sulfonamides is 1. The van der Waals surface area contributed by atoms with Gasteiger partial charge in [-0.15, -0.1) is 5.10 Å². The first kappa shape index (κ1) is 34.3. The molecule has 3 heterocycles. The van der Waals surface area contributed by atoms with E-state index in [0.29, 0.717) is 29.8 Å². The topological polar surface area (TPSA) is 110 Å². The number of hydrogen-bond donors (Lipinski definition) is 1. The van der Waals surface area contributed by atoms with Gasteiger partial charge in [0.15, 0.2) is 0 Å². The Morgan fingerprint density at radius 2 is 1.88 bits per heavy atom. The maximum atomic E-state index is 14.0. The van der Waals surface area contributed by atoms with Crippen LogP contribution in [0.1, 0.15) is 65.1 Å². The van der Waals surface area contributed by atoms with Crippen molar-refractivity contribution < 1.29 is 26.4 Å². The lowest BCUT2D eigenvalue weighted by Crippen LogP contribution is -2.33. The number of amides is 1. The van der Waals surface area contributed by atoms with Gasteiger partial charge in [-0.3, -0.25) is 9.78 Å². The summed E-state index contributed by atoms with van der Waals surface area (Å²) in [4.78, 5) is 17.3. The van der Waals surface area contributed by atoms with Crippen molar-refractivity contribution in [1.82, 2.24) is 24.3 Å². The van der Waals surface area contributed by atoms with Crippen LogP contribution in [-0.4, -0.2) is 45.2 Å². The van der Waals surface area contributed by atoms with Crippen LogP contribution in [0.5, 0.6) is 0 Å². The van der Waals surface area contributed by atoms with Gasteiger partial charge in [0.2, 0.25) is 15.9 Å². The third kappa shape index (κ3) is 6.95. The first-order valence-electron chi connectivity index (χ1n) is 16.1. The minimum absolute atomic E-state index is 0.0422. The molecule has 0 bridgehead atoms. The van der Waals surface area contributed by atoms with Crippen LogP contribution < -0.4 is 5.32 Å². The second-order valence-electron chi connectivity index (χ2n) is 12.7. The number of fused-ring (bicyclic) bond motifs is 2. The SMILES string of the molecule is CCn1nnc2c(C)c([C@@H](CC(=O)Nc3cccnc3)c3ccc(C)c(CN4C[C@@H](C)Cc5ccc(C(F)(F)F)cc5S4(=O)=O)c3)ccc21. The normalized spacial score (nSPS) is 17.0. The molecule has 5 aromatic rings. The molecule has 0 saturated carbocycles. The molecule has 0 aliphatic carbocycles. The van der Waals surface area contributed by atoms with E-state index in [4.69, 9.17) is 0 Å². The van der Waals surface area contributed by atoms with Crippen molar-refractivity contribution in [2.45, 2.75) is 70.6 Å². The summed E-state index contributed by atoms with van der Waals surface area (Å²) in [6.45, 7) is 8.44. The van der Waals surface area contributed by atoms with Crippen LogP contribution in [0.4, 0.5) is 18.9 Å². The summed E-state index contributed by atoms with van der Waals surface area (Å²) in [5, 5.41) is 11.6. The van der Waals surface area contributed by atoms with E-state index in [1.807, 2.05) is 58.0 Å². The highest BCUT2D eigenvalue weighted by atomic mass is 32.2. The van der Waals surface area contributed by atoms with E-state index >= 15 is 0 Å². The number of benzene rings is 3. The lowest BCUT2D eigenvalue weighted by atomic mass is 9.84. The summed E-state index contributed by atoms with van der Waals surface area (Å²) in [6, 6.07) is 16.1. The van der Waals surface area contributed by atoms with E-state index in [1.54, 1.807) is 29.2 Å². The van der Waals surface area contributed by atoms with E-state index in [0.717, 1.165) is 45.4 Å². The Hall–Kier alpha value is -4.62. The Bertz CT molecular complexity index is 2130. The summed E-state index contributed by atoms with van der Waals surface area (Å²) >= 11 is 0. The smallest absolute Gasteiger partial charge is 0.325 e. The van der Waals surface area contributed by atoms with E-state index in [-0.39, 0.29) is 36.2 Å². The highest BCUT2D eigenvalue weighted by Gasteiger charge is 2.37. The number of carbonyl (C=O) groups excluding carboxylic acids is 1. The number of rotatable bonds is 8. The van der Waals surface area contributed by atoms with E-state index in [2.05, 4.69) is 20.6 Å². The van der Waals surface area contributed by atoms with Gasteiger partial charge in [0.05, 0.1) is 27.9 Å². The Labute approximate surface area is 283 Å². The number of aromatic nitrogens is 4. The highest BCUT2D eigenvalue weighted by Crippen LogP contribution is 2.38. The quantitative estimate of drug-likeness (QED) is 0.187. The highest BCUT2D eigenvalue weighted by molar-refractivity contribution is 7.89. The van der Waals surface area contributed by atoms with Crippen LogP contribution >= 0.6 is 0 Å². The molecule has 13 heteroatoms. The molecule has 1 aliphatic heterocycles. The summed E-state index contributed by atoms with van der Waals surface area (Å²) in [6.07, 6.45) is -1.09. The van der Waals surface area contributed by atoms with Gasteiger partial charge in [0, 0.05) is 38.2 Å². The predicted octanol–water partition coefficient (Wildman–Crippen LogP) is 7.03. The largest absolute Gasteiger partial charge is 0.416 e. The Morgan fingerprint density at radius 1 is 1.08 bits per heavy atom. The Kier molecular flexibility index (Phi) is 9.34. The number of nitrogens with zero attached hydrogens (tertiary/aromatic N) is 5. The second kappa shape index (κ2) is 13.4. The van der Waals surface area contributed by atoms with E-state index in [1.165, 1.54) is 10.4 Å². The van der Waals surface area contributed by atoms with Gasteiger partial charge in [-0.25, -0.2) is 13.1 Å². The summed E-state index contributed by atoms with van der Waals surface area (Å²) in [5.41, 5.74) is 5.58. The maximum absolute atomic E-state index is 14.0. The van der Waals surface area contributed by atoms with Crippen molar-refractivity contribution in [3.05, 3.63) is 112 Å². The number of carbonyl (C=O) groups is 1. The minimum Gasteiger partial charge on any atom is -0.325 e. The van der Waals surface area contributed by atoms with Gasteiger partial charge in [-0.1, -0.05) is 42.5 Å². The number of pyridine rings is 1. The van der Waals surface area contributed by atoms with Crippen LogP contribution in [-0.2, 0) is 40.5 Å². The summed E-state index contributed by atoms with van der Waals surface area (Å²) < 4.78 is 72.0. The van der Waals surface area contributed by atoms with Crippen LogP contribution in [0.2, 0.25) is 0 Å². The molecule has 0 spiro atoms. The molecule has 256 valence electrons. The van der Waals surface area contributed by atoms with Gasteiger partial charge in [-0.2, -0.15) is 17.5 Å². The van der Waals surface area contributed by atoms with Crippen LogP contribution in [0, 0.1) is 19.8 Å². The molecule has 0 unspecified atom stereocenters. The van der Waals surface area contributed by atoms with Crippen molar-refractivity contribution in [3.63, 3.8) is 0 Å². The fraction of sp³-hybridized carbons (Fsp3) is 0.333. The molecule has 0 fully saturated rings. The van der Waals surface area contributed by atoms with Crippen molar-refractivity contribution in [2.24, 2.45) is 5.92 Å². The monoisotopic (exact) mass is 690 g/mol. The number of aryl methyl sites for hydroxylation is 3. The number of hydrogen-bond acceptors (Lipinski definition) is 6. The maximum Gasteiger partial charge on any atom is 0.416 e. The first-order chi connectivity index (χ1) is 23.3. The zero-order valence-corrected chi connectivity index (χ0v) is 28.4. The molecular formula is C36H37F3N6O3S. The van der Waals surface area contributed by atoms with Gasteiger partial charge < -0.3 is 5.32 Å². The van der Waals surface area contributed by atoms with Gasteiger partial charge in [0.25, 0.3) is 0 Å². The van der Waals surface area contributed by atoms with E-state index in [9.17, 15) is 26.4 Å². The average molecular weight is 691 g/mol. The molecule has 2 aromatic heterocycles. The zero-order chi connectivity index (χ0) is 35.1. The fourth-order valence-corrected chi connectivity index (χ4v) is 8.41. The third-order valence-electron chi connectivity index (χ3n) is 9.21. The lowest BCUT2D eigenvalue weighted by molar-refractivity contribution is -0.137. The minimum atomic E-state index is -4.68. The number of nitrogens with one attached hydrogen (secondary N) is 1. The first-order valence-corrected chi connectivity index (χ1v) is 17.5. The molecule has 1 aliphatic rings. The molecular weight excluding hydrogens is 653 g/mol. The van der Waals surface area contributed by atoms with Gasteiger partial charge >= 0.3 is 6.18 Å². The van der Waals surface area contributed by atoms with Gasteiger partial charge in [0.1, 0.15) is 5.52 Å². The number of anilines is 1. The van der Waals surface area contributed by atoms with Crippen LogP contribution in [0.15, 0.2) is 78.0 Å². The molecule has 2 atom stereocenters. The van der Waals surface area contributed by atoms with Crippen molar-refractivity contribution in [2.75, 3.05) is 11.9 Å². The second-order valence-corrected chi connectivity index (χ2v) is 14.6. The van der Waals surface area contributed by atoms with Crippen molar-refractivity contribution in [1.29, 1.82) is 0 Å². The molecule has 6 rings (SSSR count). The molecule has 1 N–H and O–H groups in total. The lowest BCUT2D eigenvalue weighted by Gasteiger charge is -2.25. The van der Waals surface area contributed by atoms with Crippen molar-refractivity contribution in [3.8, 4) is 0 Å². The predicted molar refractivity (Wildman–Crippen MR) is 180 cm³/mol. The van der Waals surface area contributed by atoms with Crippen LogP contribution in [0.25, 0.3) is 11.0 Å². The number of alkyl halides is 3. The Morgan fingerprint density at radius 3 is 2.59 bits per heavy atom. The molecule has 0 radical (unpaired) electrons. The summed E-state index contributed by atoms with van der Waals surface area (Å²) in [5.74, 6) is -0.814. The molecule has 1 amide bonds.